The van der Waals surface area contributed by atoms with Crippen LogP contribution in [0, 0.1) is 13.8 Å². The maximum absolute atomic E-state index is 12.9. The Kier molecular flexibility index (Phi) is 6.49. The number of aryl methyl sites for hydroxylation is 1. The molecule has 7 heteroatoms. The summed E-state index contributed by atoms with van der Waals surface area (Å²) < 4.78 is 16.5. The number of anilines is 3. The van der Waals surface area contributed by atoms with Crippen molar-refractivity contribution in [1.82, 2.24) is 0 Å². The molecule has 3 aromatic rings. The van der Waals surface area contributed by atoms with Crippen LogP contribution in [0.1, 0.15) is 28.4 Å². The minimum atomic E-state index is -1.00. The molecule has 0 saturated carbocycles. The maximum Gasteiger partial charge on any atom is 0.341 e. The SMILES string of the molecule is Cc1cccc(Nc2ccccc2C(=O)O[C@@H](C)C(=O)Nc2ccc3c(c2)OCCO3)c1C. The van der Waals surface area contributed by atoms with Crippen molar-refractivity contribution in [3.63, 3.8) is 0 Å². The van der Waals surface area contributed by atoms with Crippen LogP contribution in [0.2, 0.25) is 0 Å². The van der Waals surface area contributed by atoms with Gasteiger partial charge in [-0.05, 0) is 62.2 Å². The Morgan fingerprint density at radius 1 is 0.909 bits per heavy atom. The number of carbonyl (C=O) groups excluding carboxylic acids is 2. The van der Waals surface area contributed by atoms with Crippen LogP contribution in [0.3, 0.4) is 0 Å². The van der Waals surface area contributed by atoms with Crippen molar-refractivity contribution in [3.8, 4) is 11.5 Å². The predicted octanol–water partition coefficient (Wildman–Crippen LogP) is 5.00. The molecule has 1 heterocycles. The summed E-state index contributed by atoms with van der Waals surface area (Å²) in [5, 5.41) is 6.06. The van der Waals surface area contributed by atoms with E-state index in [0.717, 1.165) is 16.8 Å². The van der Waals surface area contributed by atoms with Crippen LogP contribution in [0.5, 0.6) is 11.5 Å². The van der Waals surface area contributed by atoms with Crippen molar-refractivity contribution in [2.45, 2.75) is 26.9 Å². The van der Waals surface area contributed by atoms with Crippen LogP contribution in [0.4, 0.5) is 17.1 Å². The number of fused-ring (bicyclic) bond motifs is 1. The summed E-state index contributed by atoms with van der Waals surface area (Å²) in [7, 11) is 0. The summed E-state index contributed by atoms with van der Waals surface area (Å²) in [5.74, 6) is 0.162. The van der Waals surface area contributed by atoms with Gasteiger partial charge in [-0.25, -0.2) is 4.79 Å². The molecule has 1 aliphatic heterocycles. The molecule has 0 unspecified atom stereocenters. The molecule has 1 amide bonds. The second-order valence-electron chi connectivity index (χ2n) is 7.81. The first kappa shape index (κ1) is 22.2. The smallest absolute Gasteiger partial charge is 0.341 e. The molecule has 0 saturated heterocycles. The zero-order valence-corrected chi connectivity index (χ0v) is 18.8. The van der Waals surface area contributed by atoms with Crippen LogP contribution in [0.25, 0.3) is 0 Å². The highest BCUT2D eigenvalue weighted by Crippen LogP contribution is 2.32. The summed E-state index contributed by atoms with van der Waals surface area (Å²) in [4.78, 5) is 25.5. The summed E-state index contributed by atoms with van der Waals surface area (Å²) >= 11 is 0. The van der Waals surface area contributed by atoms with E-state index in [0.29, 0.717) is 41.7 Å². The van der Waals surface area contributed by atoms with Gasteiger partial charge in [0.05, 0.1) is 11.3 Å². The van der Waals surface area contributed by atoms with Crippen molar-refractivity contribution in [2.75, 3.05) is 23.8 Å². The highest BCUT2D eigenvalue weighted by Gasteiger charge is 2.22. The van der Waals surface area contributed by atoms with E-state index in [1.807, 2.05) is 38.1 Å². The topological polar surface area (TPSA) is 85.9 Å². The number of esters is 1. The number of ether oxygens (including phenoxy) is 3. The minimum Gasteiger partial charge on any atom is -0.486 e. The van der Waals surface area contributed by atoms with Gasteiger partial charge < -0.3 is 24.8 Å². The highest BCUT2D eigenvalue weighted by atomic mass is 16.6. The normalized spacial score (nSPS) is 13.1. The lowest BCUT2D eigenvalue weighted by Crippen LogP contribution is -2.30. The van der Waals surface area contributed by atoms with Crippen molar-refractivity contribution < 1.29 is 23.8 Å². The van der Waals surface area contributed by atoms with E-state index in [4.69, 9.17) is 14.2 Å². The Labute approximate surface area is 192 Å². The fraction of sp³-hybridized carbons (Fsp3) is 0.231. The van der Waals surface area contributed by atoms with E-state index in [2.05, 4.69) is 10.6 Å². The molecule has 2 N–H and O–H groups in total. The molecule has 33 heavy (non-hydrogen) atoms. The molecule has 1 aliphatic rings. The Bertz CT molecular complexity index is 1190. The molecule has 4 rings (SSSR count). The predicted molar refractivity (Wildman–Crippen MR) is 127 cm³/mol. The molecule has 1 atom stereocenters. The van der Waals surface area contributed by atoms with Crippen molar-refractivity contribution in [3.05, 3.63) is 77.4 Å². The van der Waals surface area contributed by atoms with Gasteiger partial charge in [0, 0.05) is 17.4 Å². The fourth-order valence-corrected chi connectivity index (χ4v) is 3.44. The number of carbonyl (C=O) groups is 2. The summed E-state index contributed by atoms with van der Waals surface area (Å²) in [5.41, 5.74) is 4.62. The molecule has 0 spiro atoms. The Morgan fingerprint density at radius 3 is 2.45 bits per heavy atom. The average molecular weight is 447 g/mol. The van der Waals surface area contributed by atoms with Gasteiger partial charge in [0.2, 0.25) is 0 Å². The number of benzene rings is 3. The van der Waals surface area contributed by atoms with Crippen molar-refractivity contribution in [1.29, 1.82) is 0 Å². The van der Waals surface area contributed by atoms with E-state index >= 15 is 0 Å². The molecule has 3 aromatic carbocycles. The van der Waals surface area contributed by atoms with E-state index in [-0.39, 0.29) is 0 Å². The van der Waals surface area contributed by atoms with Gasteiger partial charge in [0.1, 0.15) is 13.2 Å². The molecule has 0 aliphatic carbocycles. The van der Waals surface area contributed by atoms with Gasteiger partial charge >= 0.3 is 5.97 Å². The first-order chi connectivity index (χ1) is 15.9. The van der Waals surface area contributed by atoms with Crippen molar-refractivity contribution in [2.24, 2.45) is 0 Å². The lowest BCUT2D eigenvalue weighted by atomic mass is 10.1. The molecular weight excluding hydrogens is 420 g/mol. The lowest BCUT2D eigenvalue weighted by molar-refractivity contribution is -0.123. The summed E-state index contributed by atoms with van der Waals surface area (Å²) in [6.07, 6.45) is -1.00. The Balaban J connectivity index is 1.43. The molecule has 0 bridgehead atoms. The average Bonchev–Trinajstić information content (AvgIpc) is 2.82. The van der Waals surface area contributed by atoms with E-state index in [1.54, 1.807) is 36.4 Å². The van der Waals surface area contributed by atoms with Crippen LogP contribution in [0.15, 0.2) is 60.7 Å². The number of para-hydroxylation sites is 1. The van der Waals surface area contributed by atoms with E-state index < -0.39 is 18.0 Å². The number of hydrogen-bond acceptors (Lipinski definition) is 6. The Morgan fingerprint density at radius 2 is 1.64 bits per heavy atom. The molecule has 170 valence electrons. The first-order valence-electron chi connectivity index (χ1n) is 10.8. The van der Waals surface area contributed by atoms with Crippen molar-refractivity contribution >= 4 is 28.9 Å². The second-order valence-corrected chi connectivity index (χ2v) is 7.81. The summed E-state index contributed by atoms with van der Waals surface area (Å²) in [6.45, 7) is 6.52. The van der Waals surface area contributed by atoms with E-state index in [1.165, 1.54) is 6.92 Å². The largest absolute Gasteiger partial charge is 0.486 e. The molecule has 0 fully saturated rings. The van der Waals surface area contributed by atoms with Gasteiger partial charge in [-0.2, -0.15) is 0 Å². The van der Waals surface area contributed by atoms with Gasteiger partial charge in [0.25, 0.3) is 5.91 Å². The molecule has 7 nitrogen and oxygen atoms in total. The van der Waals surface area contributed by atoms with Gasteiger partial charge in [0.15, 0.2) is 17.6 Å². The summed E-state index contributed by atoms with van der Waals surface area (Å²) in [6, 6.07) is 18.1. The third-order valence-electron chi connectivity index (χ3n) is 5.48. The van der Waals surface area contributed by atoms with Gasteiger partial charge in [-0.15, -0.1) is 0 Å². The maximum atomic E-state index is 12.9. The van der Waals surface area contributed by atoms with Crippen LogP contribution in [-0.4, -0.2) is 31.2 Å². The van der Waals surface area contributed by atoms with Gasteiger partial charge in [-0.3, -0.25) is 4.79 Å². The third-order valence-corrected chi connectivity index (χ3v) is 5.48. The molecule has 0 radical (unpaired) electrons. The second kappa shape index (κ2) is 9.65. The van der Waals surface area contributed by atoms with E-state index in [9.17, 15) is 9.59 Å². The quantitative estimate of drug-likeness (QED) is 0.518. The lowest BCUT2D eigenvalue weighted by Gasteiger charge is -2.20. The highest BCUT2D eigenvalue weighted by molar-refractivity contribution is 6.00. The number of rotatable bonds is 6. The van der Waals surface area contributed by atoms with Crippen LogP contribution >= 0.6 is 0 Å². The Hall–Kier alpha value is -4.00. The monoisotopic (exact) mass is 446 g/mol. The fourth-order valence-electron chi connectivity index (χ4n) is 3.44. The number of amides is 1. The number of hydrogen-bond donors (Lipinski definition) is 2. The molecule has 0 aromatic heterocycles. The minimum absolute atomic E-state index is 0.345. The zero-order chi connectivity index (χ0) is 23.4. The number of nitrogens with one attached hydrogen (secondary N) is 2. The zero-order valence-electron chi connectivity index (χ0n) is 18.8. The first-order valence-corrected chi connectivity index (χ1v) is 10.8. The molecular formula is C26H26N2O5. The van der Waals surface area contributed by atoms with Crippen LogP contribution in [-0.2, 0) is 9.53 Å². The standard InChI is InChI=1S/C26H26N2O5/c1-16-7-6-10-21(17(16)2)28-22-9-5-4-8-20(22)26(30)33-18(3)25(29)27-19-11-12-23-24(15-19)32-14-13-31-23/h4-12,15,18,28H,13-14H2,1-3H3,(H,27,29)/t18-/m0/s1. The van der Waals surface area contributed by atoms with Crippen LogP contribution < -0.4 is 20.1 Å². The third kappa shape index (κ3) is 5.09. The van der Waals surface area contributed by atoms with Gasteiger partial charge in [-0.1, -0.05) is 24.3 Å².